The van der Waals surface area contributed by atoms with E-state index in [9.17, 15) is 4.79 Å². The Labute approximate surface area is 177 Å². The van der Waals surface area contributed by atoms with Gasteiger partial charge in [0.25, 0.3) is 5.91 Å². The molecule has 0 unspecified atom stereocenters. The van der Waals surface area contributed by atoms with Crippen molar-refractivity contribution in [3.63, 3.8) is 0 Å². The topological polar surface area (TPSA) is 48.0 Å². The fourth-order valence-corrected chi connectivity index (χ4v) is 4.47. The highest BCUT2D eigenvalue weighted by Gasteiger charge is 2.34. The van der Waals surface area contributed by atoms with Crippen LogP contribution in [-0.2, 0) is 17.8 Å². The van der Waals surface area contributed by atoms with E-state index in [-0.39, 0.29) is 5.91 Å². The fraction of sp³-hybridized carbons (Fsp3) is 0.227. The minimum absolute atomic E-state index is 0.0950. The lowest BCUT2D eigenvalue weighted by Gasteiger charge is -2.27. The molecule has 1 atom stereocenters. The lowest BCUT2D eigenvalue weighted by Crippen LogP contribution is -2.41. The van der Waals surface area contributed by atoms with E-state index in [4.69, 9.17) is 25.8 Å². The van der Waals surface area contributed by atoms with Gasteiger partial charge in [0.05, 0.1) is 6.54 Å². The van der Waals surface area contributed by atoms with Gasteiger partial charge in [0.15, 0.2) is 17.6 Å². The molecule has 0 bridgehead atoms. The minimum atomic E-state index is -0.586. The van der Waals surface area contributed by atoms with Crippen LogP contribution in [0, 0.1) is 0 Å². The van der Waals surface area contributed by atoms with Crippen molar-refractivity contribution in [2.45, 2.75) is 19.1 Å². The summed E-state index contributed by atoms with van der Waals surface area (Å²) < 4.78 is 17.3. The molecule has 0 N–H and O–H groups in total. The fourth-order valence-electron chi connectivity index (χ4n) is 3.58. The molecule has 2 aliphatic heterocycles. The van der Waals surface area contributed by atoms with Crippen molar-refractivity contribution in [1.82, 2.24) is 0 Å². The maximum absolute atomic E-state index is 13.5. The number of hydrogen-bond donors (Lipinski definition) is 0. The van der Waals surface area contributed by atoms with E-state index in [1.807, 2.05) is 47.8 Å². The van der Waals surface area contributed by atoms with Gasteiger partial charge < -0.3 is 19.1 Å². The van der Waals surface area contributed by atoms with Gasteiger partial charge in [0.2, 0.25) is 0 Å². The second-order valence-corrected chi connectivity index (χ2v) is 8.36. The number of halogens is 1. The third kappa shape index (κ3) is 3.66. The smallest absolute Gasteiger partial charge is 0.268 e. The predicted octanol–water partition coefficient (Wildman–Crippen LogP) is 4.71. The van der Waals surface area contributed by atoms with Crippen molar-refractivity contribution in [3.8, 4) is 17.2 Å². The molecule has 7 heteroatoms. The molecule has 1 amide bonds. The highest BCUT2D eigenvalue weighted by atomic mass is 35.5. The quantitative estimate of drug-likeness (QED) is 0.605. The minimum Gasteiger partial charge on any atom is -0.486 e. The van der Waals surface area contributed by atoms with Gasteiger partial charge in [-0.3, -0.25) is 4.79 Å². The van der Waals surface area contributed by atoms with Crippen LogP contribution < -0.4 is 19.1 Å². The van der Waals surface area contributed by atoms with Crippen molar-refractivity contribution in [3.05, 3.63) is 69.4 Å². The standard InChI is InChI=1S/C22H18ClNO4S/c23-15-3-5-18-14(10-15)11-21(28-18)22(25)24(13-17-2-1-9-29-17)16-4-6-19-20(12-16)27-8-7-26-19/h1-6,9-10,12,21H,7-8,11,13H2/t21-/m0/s1. The van der Waals surface area contributed by atoms with Crippen LogP contribution in [0.2, 0.25) is 5.02 Å². The van der Waals surface area contributed by atoms with E-state index in [2.05, 4.69) is 0 Å². The highest BCUT2D eigenvalue weighted by Crippen LogP contribution is 2.37. The molecule has 5 nitrogen and oxygen atoms in total. The summed E-state index contributed by atoms with van der Waals surface area (Å²) in [5.41, 5.74) is 1.71. The van der Waals surface area contributed by atoms with E-state index in [1.54, 1.807) is 22.3 Å². The highest BCUT2D eigenvalue weighted by molar-refractivity contribution is 7.09. The third-order valence-corrected chi connectivity index (χ3v) is 6.07. The van der Waals surface area contributed by atoms with Crippen LogP contribution in [0.4, 0.5) is 5.69 Å². The normalized spacial score (nSPS) is 16.8. The Morgan fingerprint density at radius 3 is 2.72 bits per heavy atom. The summed E-state index contributed by atoms with van der Waals surface area (Å²) in [7, 11) is 0. The number of amides is 1. The van der Waals surface area contributed by atoms with Crippen LogP contribution in [0.5, 0.6) is 17.2 Å². The first kappa shape index (κ1) is 18.3. The lowest BCUT2D eigenvalue weighted by molar-refractivity contribution is -0.124. The number of benzene rings is 2. The maximum Gasteiger partial charge on any atom is 0.268 e. The van der Waals surface area contributed by atoms with E-state index >= 15 is 0 Å². The molecule has 1 aromatic heterocycles. The van der Waals surface area contributed by atoms with Gasteiger partial charge >= 0.3 is 0 Å². The monoisotopic (exact) mass is 427 g/mol. The summed E-state index contributed by atoms with van der Waals surface area (Å²) >= 11 is 7.71. The molecular weight excluding hydrogens is 410 g/mol. The Kier molecular flexibility index (Phi) is 4.81. The zero-order valence-electron chi connectivity index (χ0n) is 15.5. The first-order valence-corrected chi connectivity index (χ1v) is 10.6. The first-order valence-electron chi connectivity index (χ1n) is 9.36. The number of rotatable bonds is 4. The summed E-state index contributed by atoms with van der Waals surface area (Å²) in [6.07, 6.45) is -0.0862. The number of nitrogens with zero attached hydrogens (tertiary/aromatic N) is 1. The second-order valence-electron chi connectivity index (χ2n) is 6.89. The van der Waals surface area contributed by atoms with Crippen LogP contribution in [0.25, 0.3) is 0 Å². The second kappa shape index (κ2) is 7.61. The summed E-state index contributed by atoms with van der Waals surface area (Å²) in [5, 5.41) is 2.65. The molecule has 2 aromatic carbocycles. The number of carbonyl (C=O) groups excluding carboxylic acids is 1. The Morgan fingerprint density at radius 1 is 1.07 bits per heavy atom. The van der Waals surface area contributed by atoms with Crippen molar-refractivity contribution in [2.24, 2.45) is 0 Å². The van der Waals surface area contributed by atoms with Crippen molar-refractivity contribution < 1.29 is 19.0 Å². The molecule has 0 aliphatic carbocycles. The van der Waals surface area contributed by atoms with Crippen LogP contribution in [0.1, 0.15) is 10.4 Å². The lowest BCUT2D eigenvalue weighted by atomic mass is 10.1. The van der Waals surface area contributed by atoms with Crippen LogP contribution >= 0.6 is 22.9 Å². The number of thiophene rings is 1. The number of hydrogen-bond acceptors (Lipinski definition) is 5. The SMILES string of the molecule is O=C([C@@H]1Cc2cc(Cl)ccc2O1)N(Cc1cccs1)c1ccc2c(c1)OCCO2. The van der Waals surface area contributed by atoms with E-state index < -0.39 is 6.10 Å². The molecule has 0 spiro atoms. The molecule has 0 fully saturated rings. The molecule has 5 rings (SSSR count). The number of carbonyl (C=O) groups is 1. The zero-order valence-corrected chi connectivity index (χ0v) is 17.0. The molecular formula is C22H18ClNO4S. The molecule has 0 radical (unpaired) electrons. The van der Waals surface area contributed by atoms with E-state index in [1.165, 1.54) is 0 Å². The summed E-state index contributed by atoms with van der Waals surface area (Å²) in [5.74, 6) is 1.97. The third-order valence-electron chi connectivity index (χ3n) is 4.97. The molecule has 2 aliphatic rings. The Hall–Kier alpha value is -2.70. The van der Waals surface area contributed by atoms with Gasteiger partial charge in [0, 0.05) is 28.1 Å². The summed E-state index contributed by atoms with van der Waals surface area (Å²) in [6, 6.07) is 15.1. The molecule has 3 aromatic rings. The van der Waals surface area contributed by atoms with Gasteiger partial charge in [-0.1, -0.05) is 17.7 Å². The average molecular weight is 428 g/mol. The van der Waals surface area contributed by atoms with Crippen LogP contribution in [0.3, 0.4) is 0 Å². The Bertz CT molecular complexity index is 1050. The molecule has 0 saturated carbocycles. The molecule has 3 heterocycles. The number of fused-ring (bicyclic) bond motifs is 2. The van der Waals surface area contributed by atoms with Gasteiger partial charge in [0.1, 0.15) is 19.0 Å². The first-order chi connectivity index (χ1) is 14.2. The zero-order chi connectivity index (χ0) is 19.8. The van der Waals surface area contributed by atoms with Crippen molar-refractivity contribution >= 4 is 34.5 Å². The van der Waals surface area contributed by atoms with Gasteiger partial charge in [-0.25, -0.2) is 0 Å². The van der Waals surface area contributed by atoms with Crippen molar-refractivity contribution in [2.75, 3.05) is 18.1 Å². The number of anilines is 1. The van der Waals surface area contributed by atoms with Crippen LogP contribution in [-0.4, -0.2) is 25.2 Å². The average Bonchev–Trinajstić information content (AvgIpc) is 3.40. The van der Waals surface area contributed by atoms with Crippen molar-refractivity contribution in [1.29, 1.82) is 0 Å². The summed E-state index contributed by atoms with van der Waals surface area (Å²) in [6.45, 7) is 1.49. The largest absolute Gasteiger partial charge is 0.486 e. The van der Waals surface area contributed by atoms with E-state index in [0.717, 1.165) is 16.1 Å². The summed E-state index contributed by atoms with van der Waals surface area (Å²) in [4.78, 5) is 16.3. The van der Waals surface area contributed by atoms with Gasteiger partial charge in [-0.05, 0) is 47.3 Å². The van der Waals surface area contributed by atoms with Crippen LogP contribution in [0.15, 0.2) is 53.9 Å². The molecule has 148 valence electrons. The van der Waals surface area contributed by atoms with E-state index in [0.29, 0.717) is 48.5 Å². The number of ether oxygens (including phenoxy) is 3. The predicted molar refractivity (Wildman–Crippen MR) is 113 cm³/mol. The Balaban J connectivity index is 1.45. The molecule has 29 heavy (non-hydrogen) atoms. The van der Waals surface area contributed by atoms with Gasteiger partial charge in [-0.15, -0.1) is 11.3 Å². The Morgan fingerprint density at radius 2 is 1.90 bits per heavy atom. The molecule has 0 saturated heterocycles. The maximum atomic E-state index is 13.5. The van der Waals surface area contributed by atoms with Gasteiger partial charge in [-0.2, -0.15) is 0 Å².